The van der Waals surface area contributed by atoms with Gasteiger partial charge in [-0.1, -0.05) is 6.92 Å². The van der Waals surface area contributed by atoms with Crippen LogP contribution >= 0.6 is 12.4 Å². The highest BCUT2D eigenvalue weighted by molar-refractivity contribution is 5.85. The van der Waals surface area contributed by atoms with Gasteiger partial charge in [0, 0.05) is 24.2 Å². The first-order valence-corrected chi connectivity index (χ1v) is 6.34. The summed E-state index contributed by atoms with van der Waals surface area (Å²) in [7, 11) is 0. The summed E-state index contributed by atoms with van der Waals surface area (Å²) in [6.45, 7) is 2.16. The maximum atomic E-state index is 11.9. The molecule has 106 valence electrons. The van der Waals surface area contributed by atoms with E-state index in [2.05, 4.69) is 10.3 Å². The summed E-state index contributed by atoms with van der Waals surface area (Å²) in [4.78, 5) is 26.0. The van der Waals surface area contributed by atoms with Crippen LogP contribution in [0.5, 0.6) is 0 Å². The molecule has 2 atom stereocenters. The van der Waals surface area contributed by atoms with E-state index >= 15 is 0 Å². The van der Waals surface area contributed by atoms with E-state index < -0.39 is 0 Å². The van der Waals surface area contributed by atoms with Crippen LogP contribution in [0.15, 0.2) is 16.9 Å². The molecule has 2 unspecified atom stereocenters. The molecule has 1 amide bonds. The van der Waals surface area contributed by atoms with E-state index in [0.717, 1.165) is 30.5 Å². The van der Waals surface area contributed by atoms with Crippen LogP contribution in [0.3, 0.4) is 0 Å². The van der Waals surface area contributed by atoms with Gasteiger partial charge in [0.1, 0.15) is 0 Å². The summed E-state index contributed by atoms with van der Waals surface area (Å²) < 4.78 is 0. The number of hydrogen-bond acceptors (Lipinski definition) is 3. The van der Waals surface area contributed by atoms with E-state index in [1.165, 1.54) is 6.07 Å². The first kappa shape index (κ1) is 15.7. The number of halogens is 1. The predicted octanol–water partition coefficient (Wildman–Crippen LogP) is 0.885. The number of fused-ring (bicyclic) bond motifs is 1. The van der Waals surface area contributed by atoms with Crippen molar-refractivity contribution in [2.24, 2.45) is 11.7 Å². The molecule has 19 heavy (non-hydrogen) atoms. The van der Waals surface area contributed by atoms with Crippen LogP contribution in [0.1, 0.15) is 37.1 Å². The number of aromatic nitrogens is 1. The number of nitrogens with one attached hydrogen (secondary N) is 2. The largest absolute Gasteiger partial charge is 0.349 e. The summed E-state index contributed by atoms with van der Waals surface area (Å²) in [6.07, 6.45) is 2.74. The molecule has 1 aliphatic carbocycles. The third-order valence-electron chi connectivity index (χ3n) is 3.45. The second kappa shape index (κ2) is 6.73. The van der Waals surface area contributed by atoms with Gasteiger partial charge in [-0.3, -0.25) is 9.59 Å². The second-order valence-electron chi connectivity index (χ2n) is 4.85. The van der Waals surface area contributed by atoms with Gasteiger partial charge in [0.05, 0.1) is 6.04 Å². The minimum Gasteiger partial charge on any atom is -0.349 e. The number of carbonyl (C=O) groups is 1. The van der Waals surface area contributed by atoms with E-state index in [1.54, 1.807) is 0 Å². The Balaban J connectivity index is 0.00000180. The lowest BCUT2D eigenvalue weighted by Crippen LogP contribution is -2.37. The fourth-order valence-electron chi connectivity index (χ4n) is 2.27. The molecule has 5 nitrogen and oxygen atoms in total. The molecule has 1 aromatic rings. The van der Waals surface area contributed by atoms with Crippen LogP contribution in [0.2, 0.25) is 0 Å². The van der Waals surface area contributed by atoms with Gasteiger partial charge >= 0.3 is 0 Å². The predicted molar refractivity (Wildman–Crippen MR) is 76.4 cm³/mol. The van der Waals surface area contributed by atoms with Crippen LogP contribution in [-0.4, -0.2) is 17.4 Å². The van der Waals surface area contributed by atoms with Crippen molar-refractivity contribution in [1.82, 2.24) is 10.3 Å². The molecule has 2 rings (SSSR count). The third-order valence-corrected chi connectivity index (χ3v) is 3.45. The normalized spacial score (nSPS) is 18.9. The van der Waals surface area contributed by atoms with Crippen LogP contribution in [0, 0.1) is 5.92 Å². The first-order valence-electron chi connectivity index (χ1n) is 6.34. The van der Waals surface area contributed by atoms with Gasteiger partial charge in [-0.25, -0.2) is 0 Å². The van der Waals surface area contributed by atoms with Crippen molar-refractivity contribution >= 4 is 18.3 Å². The summed E-state index contributed by atoms with van der Waals surface area (Å²) in [6, 6.07) is 3.31. The van der Waals surface area contributed by atoms with Gasteiger partial charge in [-0.05, 0) is 30.9 Å². The van der Waals surface area contributed by atoms with Crippen LogP contribution in [0.25, 0.3) is 0 Å². The maximum Gasteiger partial charge on any atom is 0.248 e. The van der Waals surface area contributed by atoms with Crippen molar-refractivity contribution in [3.05, 3.63) is 33.7 Å². The number of carbonyl (C=O) groups excluding carboxylic acids is 1. The molecule has 1 aromatic heterocycles. The fraction of sp³-hybridized carbons (Fsp3) is 0.538. The molecule has 1 heterocycles. The minimum absolute atomic E-state index is 0. The van der Waals surface area contributed by atoms with Gasteiger partial charge in [0.25, 0.3) is 0 Å². The smallest absolute Gasteiger partial charge is 0.248 e. The Morgan fingerprint density at radius 3 is 3.00 bits per heavy atom. The van der Waals surface area contributed by atoms with Crippen LogP contribution in [0.4, 0.5) is 0 Å². The Morgan fingerprint density at radius 1 is 1.58 bits per heavy atom. The lowest BCUT2D eigenvalue weighted by atomic mass is 9.91. The van der Waals surface area contributed by atoms with E-state index in [-0.39, 0.29) is 35.8 Å². The zero-order chi connectivity index (χ0) is 13.1. The zero-order valence-electron chi connectivity index (χ0n) is 10.9. The molecule has 6 heteroatoms. The van der Waals surface area contributed by atoms with Crippen molar-refractivity contribution in [3.63, 3.8) is 0 Å². The number of rotatable bonds is 3. The summed E-state index contributed by atoms with van der Waals surface area (Å²) in [5, 5.41) is 3.00. The van der Waals surface area contributed by atoms with Crippen LogP contribution < -0.4 is 16.6 Å². The van der Waals surface area contributed by atoms with Crippen molar-refractivity contribution in [2.45, 2.75) is 32.2 Å². The van der Waals surface area contributed by atoms with Gasteiger partial charge in [-0.2, -0.15) is 0 Å². The minimum atomic E-state index is -0.182. The number of aryl methyl sites for hydroxylation is 1. The molecular weight excluding hydrogens is 266 g/mol. The van der Waals surface area contributed by atoms with E-state index in [1.807, 2.05) is 13.0 Å². The highest BCUT2D eigenvalue weighted by Gasteiger charge is 2.23. The highest BCUT2D eigenvalue weighted by Crippen LogP contribution is 2.27. The molecule has 0 aromatic carbocycles. The van der Waals surface area contributed by atoms with Crippen molar-refractivity contribution in [2.75, 3.05) is 6.54 Å². The Morgan fingerprint density at radius 2 is 2.32 bits per heavy atom. The van der Waals surface area contributed by atoms with Gasteiger partial charge < -0.3 is 16.0 Å². The van der Waals surface area contributed by atoms with Crippen LogP contribution in [-0.2, 0) is 11.2 Å². The number of amides is 1. The van der Waals surface area contributed by atoms with E-state index in [0.29, 0.717) is 6.54 Å². The molecule has 0 saturated heterocycles. The molecule has 0 spiro atoms. The van der Waals surface area contributed by atoms with Crippen molar-refractivity contribution < 1.29 is 4.79 Å². The summed E-state index contributed by atoms with van der Waals surface area (Å²) >= 11 is 0. The molecule has 0 radical (unpaired) electrons. The number of pyridine rings is 1. The lowest BCUT2D eigenvalue weighted by molar-refractivity contribution is -0.125. The Kier molecular flexibility index (Phi) is 5.57. The van der Waals surface area contributed by atoms with Crippen molar-refractivity contribution in [3.8, 4) is 0 Å². The number of hydrogen-bond donors (Lipinski definition) is 3. The fourth-order valence-corrected chi connectivity index (χ4v) is 2.27. The lowest BCUT2D eigenvalue weighted by Gasteiger charge is -2.26. The van der Waals surface area contributed by atoms with Gasteiger partial charge in [0.15, 0.2) is 0 Å². The Bertz CT molecular complexity index is 501. The topological polar surface area (TPSA) is 88.0 Å². The zero-order valence-corrected chi connectivity index (χ0v) is 11.8. The monoisotopic (exact) mass is 285 g/mol. The third kappa shape index (κ3) is 3.58. The molecular formula is C13H20ClN3O2. The van der Waals surface area contributed by atoms with Gasteiger partial charge in [0.2, 0.25) is 11.5 Å². The Labute approximate surface area is 118 Å². The quantitative estimate of drug-likeness (QED) is 0.770. The summed E-state index contributed by atoms with van der Waals surface area (Å²) in [5.41, 5.74) is 7.37. The molecule has 4 N–H and O–H groups in total. The maximum absolute atomic E-state index is 11.9. The number of aromatic amines is 1. The number of H-pyrrole nitrogens is 1. The van der Waals surface area contributed by atoms with Gasteiger partial charge in [-0.15, -0.1) is 12.4 Å². The van der Waals surface area contributed by atoms with E-state index in [4.69, 9.17) is 5.73 Å². The molecule has 0 saturated carbocycles. The standard InChI is InChI=1S/C13H19N3O2.ClH/c1-8(7-14)13(18)16-11-4-2-3-10-9(11)5-6-12(17)15-10;/h5-6,8,11H,2-4,7,14H2,1H3,(H,15,17)(H,16,18);1H. The van der Waals surface area contributed by atoms with E-state index in [9.17, 15) is 9.59 Å². The highest BCUT2D eigenvalue weighted by atomic mass is 35.5. The average Bonchev–Trinajstić information content (AvgIpc) is 2.37. The number of nitrogens with two attached hydrogens (primary N) is 1. The average molecular weight is 286 g/mol. The molecule has 1 aliphatic rings. The second-order valence-corrected chi connectivity index (χ2v) is 4.85. The first-order chi connectivity index (χ1) is 8.61. The summed E-state index contributed by atoms with van der Waals surface area (Å²) in [5.74, 6) is -0.209. The van der Waals surface area contributed by atoms with Crippen molar-refractivity contribution in [1.29, 1.82) is 0 Å². The SMILES string of the molecule is CC(CN)C(=O)NC1CCCc2[nH]c(=O)ccc21.Cl. The molecule has 0 aliphatic heterocycles. The molecule has 0 bridgehead atoms. The Hall–Kier alpha value is -1.33. The molecule has 0 fully saturated rings.